The molecule has 0 aliphatic carbocycles. The lowest BCUT2D eigenvalue weighted by molar-refractivity contribution is -0.118. The van der Waals surface area contributed by atoms with E-state index >= 15 is 0 Å². The van der Waals surface area contributed by atoms with E-state index < -0.39 is 23.5 Å². The van der Waals surface area contributed by atoms with Crippen LogP contribution in [-0.4, -0.2) is 38.0 Å². The molecule has 2 aromatic rings. The average molecular weight is 388 g/mol. The first-order valence-electron chi connectivity index (χ1n) is 8.65. The fraction of sp³-hybridized carbons (Fsp3) is 0.250. The van der Waals surface area contributed by atoms with E-state index in [0.717, 1.165) is 17.7 Å². The van der Waals surface area contributed by atoms with Gasteiger partial charge in [0.1, 0.15) is 11.6 Å². The Morgan fingerprint density at radius 2 is 1.93 bits per heavy atom. The fourth-order valence-corrected chi connectivity index (χ4v) is 3.09. The van der Waals surface area contributed by atoms with Crippen LogP contribution in [0.4, 0.5) is 14.5 Å². The Morgan fingerprint density at radius 1 is 1.14 bits per heavy atom. The maximum absolute atomic E-state index is 13.6. The van der Waals surface area contributed by atoms with Crippen LogP contribution in [0.2, 0.25) is 0 Å². The third kappa shape index (κ3) is 4.00. The fourth-order valence-electron chi connectivity index (χ4n) is 3.09. The van der Waals surface area contributed by atoms with E-state index in [0.29, 0.717) is 30.3 Å². The van der Waals surface area contributed by atoms with Gasteiger partial charge < -0.3 is 15.0 Å². The lowest BCUT2D eigenvalue weighted by Gasteiger charge is -2.17. The molecule has 0 fully saturated rings. The topological polar surface area (TPSA) is 75.7 Å². The van der Waals surface area contributed by atoms with Crippen LogP contribution >= 0.6 is 0 Å². The second-order valence-electron chi connectivity index (χ2n) is 6.26. The molecule has 0 spiro atoms. The monoisotopic (exact) mass is 388 g/mol. The van der Waals surface area contributed by atoms with E-state index in [1.807, 2.05) is 0 Å². The number of hydrogen-bond acceptors (Lipinski definition) is 4. The summed E-state index contributed by atoms with van der Waals surface area (Å²) in [5.74, 6) is -3.09. The SMILES string of the molecule is COC(=O)c1ccc2c(c1)CCN2C(=O)CCNC(=O)c1ccc(F)cc1F. The smallest absolute Gasteiger partial charge is 0.337 e. The zero-order valence-electron chi connectivity index (χ0n) is 15.1. The molecule has 1 aliphatic heterocycles. The highest BCUT2D eigenvalue weighted by atomic mass is 19.1. The van der Waals surface area contributed by atoms with Gasteiger partial charge in [-0.2, -0.15) is 0 Å². The number of carbonyl (C=O) groups is 3. The van der Waals surface area contributed by atoms with E-state index in [-0.39, 0.29) is 24.4 Å². The number of ether oxygens (including phenoxy) is 1. The van der Waals surface area contributed by atoms with Crippen molar-refractivity contribution in [2.45, 2.75) is 12.8 Å². The molecule has 0 radical (unpaired) electrons. The molecule has 8 heteroatoms. The minimum absolute atomic E-state index is 0.0144. The van der Waals surface area contributed by atoms with Gasteiger partial charge in [-0.3, -0.25) is 9.59 Å². The van der Waals surface area contributed by atoms with Crippen molar-refractivity contribution in [3.8, 4) is 0 Å². The number of fused-ring (bicyclic) bond motifs is 1. The van der Waals surface area contributed by atoms with Crippen molar-refractivity contribution in [3.05, 3.63) is 64.7 Å². The molecule has 2 aromatic carbocycles. The highest BCUT2D eigenvalue weighted by molar-refractivity contribution is 5.98. The first kappa shape index (κ1) is 19.5. The number of methoxy groups -OCH3 is 1. The van der Waals surface area contributed by atoms with Gasteiger partial charge in [0.15, 0.2) is 0 Å². The van der Waals surface area contributed by atoms with Crippen molar-refractivity contribution < 1.29 is 27.9 Å². The second kappa shape index (κ2) is 8.16. The molecule has 0 saturated carbocycles. The van der Waals surface area contributed by atoms with Crippen LogP contribution in [0.25, 0.3) is 0 Å². The number of rotatable bonds is 5. The molecule has 1 aliphatic rings. The van der Waals surface area contributed by atoms with E-state index in [2.05, 4.69) is 5.32 Å². The van der Waals surface area contributed by atoms with E-state index in [4.69, 9.17) is 4.74 Å². The van der Waals surface area contributed by atoms with Crippen LogP contribution in [0.5, 0.6) is 0 Å². The summed E-state index contributed by atoms with van der Waals surface area (Å²) in [5.41, 5.74) is 1.72. The molecular weight excluding hydrogens is 370 g/mol. The number of esters is 1. The molecule has 146 valence electrons. The van der Waals surface area contributed by atoms with Gasteiger partial charge >= 0.3 is 5.97 Å². The molecule has 3 rings (SSSR count). The molecule has 0 aromatic heterocycles. The first-order valence-corrected chi connectivity index (χ1v) is 8.65. The van der Waals surface area contributed by atoms with E-state index in [1.165, 1.54) is 7.11 Å². The van der Waals surface area contributed by atoms with Crippen molar-refractivity contribution in [2.24, 2.45) is 0 Å². The molecular formula is C20H18F2N2O4. The number of carbonyl (C=O) groups excluding carboxylic acids is 3. The first-order chi connectivity index (χ1) is 13.4. The molecule has 0 saturated heterocycles. The molecule has 0 atom stereocenters. The lowest BCUT2D eigenvalue weighted by Crippen LogP contribution is -2.33. The molecule has 1 N–H and O–H groups in total. The Bertz CT molecular complexity index is 946. The van der Waals surface area contributed by atoms with Gasteiger partial charge in [0.25, 0.3) is 5.91 Å². The minimum atomic E-state index is -0.960. The van der Waals surface area contributed by atoms with Crippen molar-refractivity contribution in [3.63, 3.8) is 0 Å². The van der Waals surface area contributed by atoms with Crippen LogP contribution in [0.3, 0.4) is 0 Å². The minimum Gasteiger partial charge on any atom is -0.465 e. The quantitative estimate of drug-likeness (QED) is 0.799. The van der Waals surface area contributed by atoms with Gasteiger partial charge in [-0.05, 0) is 42.3 Å². The summed E-state index contributed by atoms with van der Waals surface area (Å²) in [6, 6.07) is 7.66. The lowest BCUT2D eigenvalue weighted by atomic mass is 10.1. The third-order valence-corrected chi connectivity index (χ3v) is 4.50. The van der Waals surface area contributed by atoms with Crippen molar-refractivity contribution >= 4 is 23.5 Å². The van der Waals surface area contributed by atoms with Gasteiger partial charge in [-0.25, -0.2) is 13.6 Å². The molecule has 6 nitrogen and oxygen atoms in total. The van der Waals surface area contributed by atoms with E-state index in [1.54, 1.807) is 23.1 Å². The number of halogens is 2. The van der Waals surface area contributed by atoms with Crippen LogP contribution < -0.4 is 10.2 Å². The number of hydrogen-bond donors (Lipinski definition) is 1. The van der Waals surface area contributed by atoms with Crippen LogP contribution in [0, 0.1) is 11.6 Å². The Morgan fingerprint density at radius 3 is 2.64 bits per heavy atom. The molecule has 0 bridgehead atoms. The summed E-state index contributed by atoms with van der Waals surface area (Å²) in [6.07, 6.45) is 0.631. The summed E-state index contributed by atoms with van der Waals surface area (Å²) in [5, 5.41) is 2.46. The van der Waals surface area contributed by atoms with Crippen molar-refractivity contribution in [1.29, 1.82) is 0 Å². The predicted molar refractivity (Wildman–Crippen MR) is 97.1 cm³/mol. The second-order valence-corrected chi connectivity index (χ2v) is 6.26. The zero-order chi connectivity index (χ0) is 20.3. The highest BCUT2D eigenvalue weighted by Gasteiger charge is 2.25. The molecule has 1 heterocycles. The number of nitrogens with zero attached hydrogens (tertiary/aromatic N) is 1. The highest BCUT2D eigenvalue weighted by Crippen LogP contribution is 2.29. The number of nitrogens with one attached hydrogen (secondary N) is 1. The number of amides is 2. The summed E-state index contributed by atoms with van der Waals surface area (Å²) >= 11 is 0. The molecule has 0 unspecified atom stereocenters. The Balaban J connectivity index is 1.58. The summed E-state index contributed by atoms with van der Waals surface area (Å²) < 4.78 is 31.2. The summed E-state index contributed by atoms with van der Waals surface area (Å²) in [4.78, 5) is 37.6. The molecule has 28 heavy (non-hydrogen) atoms. The van der Waals surface area contributed by atoms with Crippen molar-refractivity contribution in [1.82, 2.24) is 5.32 Å². The number of anilines is 1. The van der Waals surface area contributed by atoms with Gasteiger partial charge in [-0.15, -0.1) is 0 Å². The van der Waals surface area contributed by atoms with E-state index in [9.17, 15) is 23.2 Å². The van der Waals surface area contributed by atoms with Crippen LogP contribution in [0.1, 0.15) is 32.7 Å². The van der Waals surface area contributed by atoms with Gasteiger partial charge in [0.2, 0.25) is 5.91 Å². The Labute approximate surface area is 160 Å². The van der Waals surface area contributed by atoms with Gasteiger partial charge in [0, 0.05) is 31.3 Å². The average Bonchev–Trinajstić information content (AvgIpc) is 3.10. The maximum atomic E-state index is 13.6. The van der Waals surface area contributed by atoms with Gasteiger partial charge in [-0.1, -0.05) is 0 Å². The van der Waals surface area contributed by atoms with Gasteiger partial charge in [0.05, 0.1) is 18.2 Å². The predicted octanol–water partition coefficient (Wildman–Crippen LogP) is 2.46. The summed E-state index contributed by atoms with van der Waals surface area (Å²) in [7, 11) is 1.30. The third-order valence-electron chi connectivity index (χ3n) is 4.50. The van der Waals surface area contributed by atoms with Crippen molar-refractivity contribution in [2.75, 3.05) is 25.1 Å². The van der Waals surface area contributed by atoms with Crippen LogP contribution in [-0.2, 0) is 16.0 Å². The Hall–Kier alpha value is -3.29. The normalized spacial score (nSPS) is 12.5. The van der Waals surface area contributed by atoms with Crippen LogP contribution in [0.15, 0.2) is 36.4 Å². The number of benzene rings is 2. The maximum Gasteiger partial charge on any atom is 0.337 e. The zero-order valence-corrected chi connectivity index (χ0v) is 15.1. The standard InChI is InChI=1S/C20H18F2N2O4/c1-28-20(27)13-2-5-17-12(10-13)7-9-24(17)18(25)6-8-23-19(26)15-4-3-14(21)11-16(15)22/h2-5,10-11H,6-9H2,1H3,(H,23,26). The Kier molecular flexibility index (Phi) is 5.67. The molecule has 2 amide bonds. The summed E-state index contributed by atoms with van der Waals surface area (Å²) in [6.45, 7) is 0.486. The largest absolute Gasteiger partial charge is 0.465 e.